The summed E-state index contributed by atoms with van der Waals surface area (Å²) in [6.07, 6.45) is 5.39. The molecule has 2 fully saturated rings. The fourth-order valence-electron chi connectivity index (χ4n) is 5.03. The third-order valence-electron chi connectivity index (χ3n) is 7.19. The minimum absolute atomic E-state index is 0.00643. The number of nitrogens with zero attached hydrogens (tertiary/aromatic N) is 3. The van der Waals surface area contributed by atoms with Crippen LogP contribution in [0.1, 0.15) is 17.7 Å². The molecule has 0 unspecified atom stereocenters. The van der Waals surface area contributed by atoms with Gasteiger partial charge in [0.25, 0.3) is 5.56 Å². The lowest BCUT2D eigenvalue weighted by molar-refractivity contribution is 0.0699. The van der Waals surface area contributed by atoms with Crippen LogP contribution in [0.4, 0.5) is 5.69 Å². The second-order valence-electron chi connectivity index (χ2n) is 9.87. The maximum Gasteiger partial charge on any atom is 0.259 e. The zero-order chi connectivity index (χ0) is 25.3. The largest absolute Gasteiger partial charge is 0.385 e. The number of sulfonamides is 1. The lowest BCUT2D eigenvalue weighted by Gasteiger charge is -2.32. The van der Waals surface area contributed by atoms with Crippen LogP contribution in [-0.4, -0.2) is 74.4 Å². The average Bonchev–Trinajstić information content (AvgIpc) is 3.29. The number of anilines is 1. The van der Waals surface area contributed by atoms with E-state index in [0.717, 1.165) is 64.4 Å². The zero-order valence-corrected chi connectivity index (χ0v) is 22.5. The summed E-state index contributed by atoms with van der Waals surface area (Å²) in [5.74, 6) is 0.630. The molecule has 0 amide bonds. The molecule has 3 aromatic rings. The van der Waals surface area contributed by atoms with Gasteiger partial charge in [-0.1, -0.05) is 12.1 Å². The van der Waals surface area contributed by atoms with E-state index < -0.39 is 10.0 Å². The van der Waals surface area contributed by atoms with Crippen LogP contribution in [0.3, 0.4) is 0 Å². The fourth-order valence-corrected chi connectivity index (χ4v) is 7.08. The summed E-state index contributed by atoms with van der Waals surface area (Å²) in [4.78, 5) is 16.4. The van der Waals surface area contributed by atoms with Crippen LogP contribution >= 0.6 is 11.3 Å². The van der Waals surface area contributed by atoms with Gasteiger partial charge in [0.1, 0.15) is 0 Å². The van der Waals surface area contributed by atoms with Crippen LogP contribution in [0.2, 0.25) is 0 Å². The summed E-state index contributed by atoms with van der Waals surface area (Å²) in [5, 5.41) is 4.34. The normalized spacial score (nSPS) is 18.6. The van der Waals surface area contributed by atoms with Crippen molar-refractivity contribution < 1.29 is 13.2 Å². The maximum absolute atomic E-state index is 13.0. The molecule has 0 aliphatic carbocycles. The van der Waals surface area contributed by atoms with Gasteiger partial charge in [-0.15, -0.1) is 11.3 Å². The number of rotatable bonds is 7. The van der Waals surface area contributed by atoms with E-state index >= 15 is 0 Å². The van der Waals surface area contributed by atoms with Gasteiger partial charge in [0, 0.05) is 86.6 Å². The molecule has 10 heteroatoms. The van der Waals surface area contributed by atoms with Crippen LogP contribution in [0.25, 0.3) is 21.2 Å². The van der Waals surface area contributed by atoms with Crippen molar-refractivity contribution in [3.63, 3.8) is 0 Å². The molecule has 4 heterocycles. The van der Waals surface area contributed by atoms with E-state index in [9.17, 15) is 13.2 Å². The average molecular weight is 531 g/mol. The number of nitrogens with one attached hydrogen (secondary N) is 1. The van der Waals surface area contributed by atoms with Gasteiger partial charge in [-0.2, -0.15) is 4.31 Å². The lowest BCUT2D eigenvalue weighted by Crippen LogP contribution is -2.47. The van der Waals surface area contributed by atoms with Gasteiger partial charge in [0.15, 0.2) is 0 Å². The molecule has 5 rings (SSSR count). The predicted octanol–water partition coefficient (Wildman–Crippen LogP) is 3.18. The molecule has 0 spiro atoms. The summed E-state index contributed by atoms with van der Waals surface area (Å²) in [5.41, 5.74) is 3.23. The molecule has 2 aliphatic heterocycles. The Morgan fingerprint density at radius 1 is 1.11 bits per heavy atom. The number of piperazine rings is 1. The van der Waals surface area contributed by atoms with Crippen LogP contribution in [-0.2, 0) is 28.4 Å². The van der Waals surface area contributed by atoms with E-state index in [2.05, 4.69) is 34.5 Å². The van der Waals surface area contributed by atoms with Crippen molar-refractivity contribution in [2.24, 2.45) is 13.0 Å². The van der Waals surface area contributed by atoms with Crippen LogP contribution < -0.4 is 10.9 Å². The fraction of sp³-hybridized carbons (Fsp3) is 0.500. The van der Waals surface area contributed by atoms with Crippen molar-refractivity contribution in [2.75, 3.05) is 57.5 Å². The number of benzene rings is 1. The van der Waals surface area contributed by atoms with E-state index in [1.54, 1.807) is 23.0 Å². The second kappa shape index (κ2) is 10.6. The van der Waals surface area contributed by atoms with Crippen LogP contribution in [0.15, 0.2) is 41.3 Å². The van der Waals surface area contributed by atoms with Crippen molar-refractivity contribution in [2.45, 2.75) is 19.4 Å². The summed E-state index contributed by atoms with van der Waals surface area (Å²) in [7, 11) is -1.34. The minimum Gasteiger partial charge on any atom is -0.385 e. The standard InChI is InChI=1S/C26H34N4O4S2/c1-28-18-24(20-4-3-5-21(14-20)27-16-19-6-12-34-13-7-19)25-23(26(28)31)15-22(35-25)17-29-8-10-30(11-9-29)36(2,32)33/h3-5,14-15,18-19,27H,6-13,16-17H2,1-2H3. The number of aryl methyl sites for hydroxylation is 1. The van der Waals surface area contributed by atoms with E-state index in [4.69, 9.17) is 4.74 Å². The first-order valence-corrected chi connectivity index (χ1v) is 15.2. The summed E-state index contributed by atoms with van der Waals surface area (Å²) in [6, 6.07) is 10.4. The molecule has 2 saturated heterocycles. The van der Waals surface area contributed by atoms with E-state index in [-0.39, 0.29) is 5.56 Å². The Balaban J connectivity index is 1.37. The molecule has 0 saturated carbocycles. The Bertz CT molecular complexity index is 1380. The highest BCUT2D eigenvalue weighted by atomic mass is 32.2. The molecule has 1 aromatic carbocycles. The number of pyridine rings is 1. The zero-order valence-electron chi connectivity index (χ0n) is 20.9. The van der Waals surface area contributed by atoms with Crippen molar-refractivity contribution in [1.29, 1.82) is 0 Å². The monoisotopic (exact) mass is 530 g/mol. The minimum atomic E-state index is -3.15. The van der Waals surface area contributed by atoms with Gasteiger partial charge in [-0.05, 0) is 42.5 Å². The highest BCUT2D eigenvalue weighted by molar-refractivity contribution is 7.88. The number of hydrogen-bond donors (Lipinski definition) is 1. The molecule has 0 radical (unpaired) electrons. The second-order valence-corrected chi connectivity index (χ2v) is 13.0. The summed E-state index contributed by atoms with van der Waals surface area (Å²) >= 11 is 1.66. The van der Waals surface area contributed by atoms with Crippen molar-refractivity contribution >= 4 is 37.1 Å². The SMILES string of the molecule is Cn1cc(-c2cccc(NCC3CCOCC3)c2)c2sc(CN3CCN(S(C)(=O)=O)CC3)cc2c1=O. The van der Waals surface area contributed by atoms with Crippen LogP contribution in [0.5, 0.6) is 0 Å². The Labute approximate surface area is 216 Å². The molecular weight excluding hydrogens is 496 g/mol. The number of ether oxygens (including phenoxy) is 1. The summed E-state index contributed by atoms with van der Waals surface area (Å²) < 4.78 is 33.3. The van der Waals surface area contributed by atoms with E-state index in [0.29, 0.717) is 38.6 Å². The molecule has 0 bridgehead atoms. The van der Waals surface area contributed by atoms with Crippen molar-refractivity contribution in [1.82, 2.24) is 13.8 Å². The molecule has 8 nitrogen and oxygen atoms in total. The van der Waals surface area contributed by atoms with E-state index in [1.165, 1.54) is 10.6 Å². The number of thiophene rings is 1. The molecule has 1 N–H and O–H groups in total. The first-order chi connectivity index (χ1) is 17.3. The Morgan fingerprint density at radius 3 is 2.58 bits per heavy atom. The third-order valence-corrected chi connectivity index (χ3v) is 9.65. The van der Waals surface area contributed by atoms with E-state index in [1.807, 2.05) is 12.3 Å². The number of aromatic nitrogens is 1. The number of hydrogen-bond acceptors (Lipinski definition) is 7. The Kier molecular flexibility index (Phi) is 7.50. The molecule has 0 atom stereocenters. The molecule has 2 aliphatic rings. The van der Waals surface area contributed by atoms with Gasteiger partial charge in [-0.3, -0.25) is 9.69 Å². The van der Waals surface area contributed by atoms with Gasteiger partial charge in [-0.25, -0.2) is 8.42 Å². The van der Waals surface area contributed by atoms with Crippen molar-refractivity contribution in [3.8, 4) is 11.1 Å². The predicted molar refractivity (Wildman–Crippen MR) is 146 cm³/mol. The molecule has 194 valence electrons. The topological polar surface area (TPSA) is 83.9 Å². The first-order valence-electron chi connectivity index (χ1n) is 12.5. The van der Waals surface area contributed by atoms with Gasteiger partial charge in [0.05, 0.1) is 11.6 Å². The van der Waals surface area contributed by atoms with Gasteiger partial charge in [0.2, 0.25) is 10.0 Å². The highest BCUT2D eigenvalue weighted by Gasteiger charge is 2.24. The molecule has 2 aromatic heterocycles. The number of fused-ring (bicyclic) bond motifs is 1. The maximum atomic E-state index is 13.0. The van der Waals surface area contributed by atoms with Gasteiger partial charge < -0.3 is 14.6 Å². The Hall–Kier alpha value is -2.24. The van der Waals surface area contributed by atoms with Crippen molar-refractivity contribution in [3.05, 3.63) is 51.8 Å². The highest BCUT2D eigenvalue weighted by Crippen LogP contribution is 2.35. The summed E-state index contributed by atoms with van der Waals surface area (Å²) in [6.45, 7) is 5.72. The molecule has 36 heavy (non-hydrogen) atoms. The lowest BCUT2D eigenvalue weighted by atomic mass is 10.00. The third kappa shape index (κ3) is 5.68. The quantitative estimate of drug-likeness (QED) is 0.505. The Morgan fingerprint density at radius 2 is 1.86 bits per heavy atom. The smallest absolute Gasteiger partial charge is 0.259 e. The van der Waals surface area contributed by atoms with Crippen LogP contribution in [0, 0.1) is 5.92 Å². The first kappa shape index (κ1) is 25.4. The van der Waals surface area contributed by atoms with Gasteiger partial charge >= 0.3 is 0 Å². The molecular formula is C26H34N4O4S2.